The third kappa shape index (κ3) is 4.84. The van der Waals surface area contributed by atoms with Gasteiger partial charge in [-0.1, -0.05) is 56.0 Å². The van der Waals surface area contributed by atoms with Crippen molar-refractivity contribution in [2.45, 2.75) is 57.3 Å². The molecular weight excluding hydrogens is 318 g/mol. The first-order valence-electron chi connectivity index (χ1n) is 9.10. The van der Waals surface area contributed by atoms with Crippen LogP contribution in [0.15, 0.2) is 42.5 Å². The van der Waals surface area contributed by atoms with Crippen molar-refractivity contribution in [2.24, 2.45) is 0 Å². The predicted molar refractivity (Wildman–Crippen MR) is 93.8 cm³/mol. The van der Waals surface area contributed by atoms with Crippen molar-refractivity contribution in [1.82, 2.24) is 4.90 Å². The van der Waals surface area contributed by atoms with Gasteiger partial charge in [-0.15, -0.1) is 0 Å². The molecule has 0 radical (unpaired) electrons. The largest absolute Gasteiger partial charge is 0.453 e. The number of hydrogen-bond donors (Lipinski definition) is 0. The minimum atomic E-state index is -0.366. The van der Waals surface area contributed by atoms with E-state index in [4.69, 9.17) is 9.47 Å². The lowest BCUT2D eigenvalue weighted by Gasteiger charge is -2.33. The van der Waals surface area contributed by atoms with Gasteiger partial charge < -0.3 is 14.4 Å². The van der Waals surface area contributed by atoms with Gasteiger partial charge in [0, 0.05) is 12.6 Å². The van der Waals surface area contributed by atoms with E-state index in [0.717, 1.165) is 37.7 Å². The molecule has 0 aliphatic carbocycles. The van der Waals surface area contributed by atoms with E-state index in [2.05, 4.69) is 0 Å². The van der Waals surface area contributed by atoms with Gasteiger partial charge in [0.15, 0.2) is 0 Å². The Labute approximate surface area is 148 Å². The van der Waals surface area contributed by atoms with E-state index < -0.39 is 0 Å². The summed E-state index contributed by atoms with van der Waals surface area (Å²) in [6.07, 6.45) is 8.75. The highest BCUT2D eigenvalue weighted by atomic mass is 16.6. The molecule has 2 unspecified atom stereocenters. The lowest BCUT2D eigenvalue weighted by molar-refractivity contribution is -0.141. The number of benzene rings is 1. The van der Waals surface area contributed by atoms with Crippen molar-refractivity contribution >= 4 is 12.1 Å². The maximum absolute atomic E-state index is 12.7. The van der Waals surface area contributed by atoms with Gasteiger partial charge in [0.25, 0.3) is 0 Å². The second kappa shape index (κ2) is 8.70. The van der Waals surface area contributed by atoms with E-state index in [1.54, 1.807) is 11.0 Å². The number of esters is 1. The molecule has 2 heterocycles. The molecule has 2 aliphatic heterocycles. The molecular formula is C20H25NO4. The fourth-order valence-corrected chi connectivity index (χ4v) is 3.45. The number of ether oxygens (including phenoxy) is 2. The van der Waals surface area contributed by atoms with E-state index in [1.165, 1.54) is 12.5 Å². The van der Waals surface area contributed by atoms with Crippen LogP contribution in [0.1, 0.15) is 44.1 Å². The summed E-state index contributed by atoms with van der Waals surface area (Å²) in [5.41, 5.74) is 0.962. The van der Waals surface area contributed by atoms with Crippen molar-refractivity contribution in [1.29, 1.82) is 0 Å². The molecule has 134 valence electrons. The number of nitrogens with zero attached hydrogens (tertiary/aromatic N) is 1. The molecule has 5 heteroatoms. The highest BCUT2D eigenvalue weighted by Crippen LogP contribution is 2.24. The highest BCUT2D eigenvalue weighted by molar-refractivity contribution is 5.84. The van der Waals surface area contributed by atoms with Gasteiger partial charge in [0.2, 0.25) is 0 Å². The Morgan fingerprint density at radius 2 is 1.88 bits per heavy atom. The summed E-state index contributed by atoms with van der Waals surface area (Å²) in [6.45, 7) is 0.892. The number of rotatable bonds is 3. The first-order valence-corrected chi connectivity index (χ1v) is 9.10. The Morgan fingerprint density at radius 1 is 1.12 bits per heavy atom. The zero-order chi connectivity index (χ0) is 17.5. The van der Waals surface area contributed by atoms with E-state index in [1.807, 2.05) is 30.3 Å². The second-order valence-electron chi connectivity index (χ2n) is 6.62. The van der Waals surface area contributed by atoms with E-state index >= 15 is 0 Å². The molecule has 2 atom stereocenters. The van der Waals surface area contributed by atoms with Crippen molar-refractivity contribution in [3.05, 3.63) is 48.0 Å². The Morgan fingerprint density at radius 3 is 2.64 bits per heavy atom. The molecule has 0 bridgehead atoms. The Bertz CT molecular complexity index is 613. The third-order valence-electron chi connectivity index (χ3n) is 4.79. The van der Waals surface area contributed by atoms with Crippen molar-refractivity contribution < 1.29 is 19.1 Å². The van der Waals surface area contributed by atoms with Crippen LogP contribution in [0.5, 0.6) is 0 Å². The molecule has 1 fully saturated rings. The van der Waals surface area contributed by atoms with Crippen molar-refractivity contribution in [3.63, 3.8) is 0 Å². The molecule has 5 nitrogen and oxygen atoms in total. The van der Waals surface area contributed by atoms with Crippen LogP contribution in [0, 0.1) is 0 Å². The Kier molecular flexibility index (Phi) is 6.09. The molecule has 0 saturated carbocycles. The predicted octanol–water partition coefficient (Wildman–Crippen LogP) is 3.83. The van der Waals surface area contributed by atoms with Crippen LogP contribution in [-0.2, 0) is 20.9 Å². The number of carbonyl (C=O) groups is 2. The standard InChI is InChI=1S/C20H25NO4/c22-19-13-12-18(25-19)17-11-7-2-1-3-8-14-21(17)20(23)24-15-16-9-5-4-6-10-16/h4-6,9-10,12-13,17-18H,1-3,7-8,11,14-15H2. The van der Waals surface area contributed by atoms with E-state index in [0.29, 0.717) is 6.54 Å². The quantitative estimate of drug-likeness (QED) is 0.783. The van der Waals surface area contributed by atoms with Gasteiger partial charge in [-0.2, -0.15) is 0 Å². The van der Waals surface area contributed by atoms with Crippen LogP contribution in [-0.4, -0.2) is 35.7 Å². The van der Waals surface area contributed by atoms with Gasteiger partial charge in [-0.05, 0) is 24.5 Å². The minimum Gasteiger partial charge on any atom is -0.453 e. The van der Waals surface area contributed by atoms with E-state index in [9.17, 15) is 9.59 Å². The minimum absolute atomic E-state index is 0.149. The molecule has 0 N–H and O–H groups in total. The lowest BCUT2D eigenvalue weighted by atomic mass is 10.0. The average Bonchev–Trinajstić information content (AvgIpc) is 3.10. The number of cyclic esters (lactones) is 1. The first-order chi connectivity index (χ1) is 12.2. The third-order valence-corrected chi connectivity index (χ3v) is 4.79. The SMILES string of the molecule is O=C1C=CC(C2CCCCCCCN2C(=O)OCc2ccccc2)O1. The maximum atomic E-state index is 12.7. The normalized spacial score (nSPS) is 24.2. The molecule has 1 amide bonds. The van der Waals surface area contributed by atoms with Gasteiger partial charge in [-0.3, -0.25) is 0 Å². The molecule has 25 heavy (non-hydrogen) atoms. The van der Waals surface area contributed by atoms with Crippen LogP contribution in [0.25, 0.3) is 0 Å². The van der Waals surface area contributed by atoms with E-state index in [-0.39, 0.29) is 30.8 Å². The van der Waals surface area contributed by atoms with Crippen LogP contribution < -0.4 is 0 Å². The van der Waals surface area contributed by atoms with Crippen molar-refractivity contribution in [3.8, 4) is 0 Å². The summed E-state index contributed by atoms with van der Waals surface area (Å²) in [5.74, 6) is -0.331. The Balaban J connectivity index is 1.68. The lowest BCUT2D eigenvalue weighted by Crippen LogP contribution is -2.47. The van der Waals surface area contributed by atoms with Gasteiger partial charge in [0.1, 0.15) is 12.7 Å². The summed E-state index contributed by atoms with van der Waals surface area (Å²) in [7, 11) is 0. The summed E-state index contributed by atoms with van der Waals surface area (Å²) < 4.78 is 10.9. The molecule has 2 aliphatic rings. The molecule has 1 aromatic rings. The van der Waals surface area contributed by atoms with Crippen LogP contribution >= 0.6 is 0 Å². The monoisotopic (exact) mass is 343 g/mol. The molecule has 3 rings (SSSR count). The first kappa shape index (κ1) is 17.5. The van der Waals surface area contributed by atoms with Crippen LogP contribution in [0.4, 0.5) is 4.79 Å². The molecule has 0 spiro atoms. The summed E-state index contributed by atoms with van der Waals surface area (Å²) in [5, 5.41) is 0. The number of hydrogen-bond acceptors (Lipinski definition) is 4. The topological polar surface area (TPSA) is 55.8 Å². The summed E-state index contributed by atoms with van der Waals surface area (Å²) >= 11 is 0. The van der Waals surface area contributed by atoms with Gasteiger partial charge in [0.05, 0.1) is 6.04 Å². The fourth-order valence-electron chi connectivity index (χ4n) is 3.45. The average molecular weight is 343 g/mol. The summed E-state index contributed by atoms with van der Waals surface area (Å²) in [6, 6.07) is 9.51. The molecule has 1 saturated heterocycles. The smallest absolute Gasteiger partial charge is 0.410 e. The Hall–Kier alpha value is -2.30. The number of amides is 1. The maximum Gasteiger partial charge on any atom is 0.410 e. The highest BCUT2D eigenvalue weighted by Gasteiger charge is 2.34. The zero-order valence-electron chi connectivity index (χ0n) is 14.4. The number of carbonyl (C=O) groups excluding carboxylic acids is 2. The van der Waals surface area contributed by atoms with Crippen LogP contribution in [0.2, 0.25) is 0 Å². The van der Waals surface area contributed by atoms with Crippen molar-refractivity contribution in [2.75, 3.05) is 6.54 Å². The molecule has 1 aromatic carbocycles. The molecule has 0 aromatic heterocycles. The summed E-state index contributed by atoms with van der Waals surface area (Å²) in [4.78, 5) is 26.0. The second-order valence-corrected chi connectivity index (χ2v) is 6.62. The van der Waals surface area contributed by atoms with Crippen LogP contribution in [0.3, 0.4) is 0 Å². The van der Waals surface area contributed by atoms with Gasteiger partial charge >= 0.3 is 12.1 Å². The van der Waals surface area contributed by atoms with Gasteiger partial charge in [-0.25, -0.2) is 9.59 Å². The fraction of sp³-hybridized carbons (Fsp3) is 0.500. The zero-order valence-corrected chi connectivity index (χ0v) is 14.4.